The number of phenolic OH excluding ortho intramolecular Hbond substituents is 1. The predicted octanol–water partition coefficient (Wildman–Crippen LogP) is 1.13. The molecule has 0 aliphatic heterocycles. The van der Waals surface area contributed by atoms with Crippen molar-refractivity contribution >= 4 is 11.6 Å². The van der Waals surface area contributed by atoms with Gasteiger partial charge in [0.15, 0.2) is 6.61 Å². The van der Waals surface area contributed by atoms with Crippen molar-refractivity contribution in [3.63, 3.8) is 0 Å². The summed E-state index contributed by atoms with van der Waals surface area (Å²) in [5.74, 6) is 0.445. The molecule has 1 aromatic rings. The zero-order valence-electron chi connectivity index (χ0n) is 10.1. The van der Waals surface area contributed by atoms with E-state index in [1.807, 2.05) is 13.8 Å². The number of hydrogen-bond acceptors (Lipinski definition) is 4. The van der Waals surface area contributed by atoms with Crippen LogP contribution in [-0.4, -0.2) is 24.2 Å². The molecular weight excluding hydrogens is 220 g/mol. The van der Waals surface area contributed by atoms with Crippen LogP contribution in [0.5, 0.6) is 11.5 Å². The Morgan fingerprint density at radius 3 is 2.88 bits per heavy atom. The lowest BCUT2D eigenvalue weighted by atomic mass is 10.2. The smallest absolute Gasteiger partial charge is 0.257 e. The first kappa shape index (κ1) is 13.2. The highest BCUT2D eigenvalue weighted by atomic mass is 16.5. The van der Waals surface area contributed by atoms with E-state index in [2.05, 4.69) is 5.32 Å². The number of hydrogen-bond donors (Lipinski definition) is 3. The molecule has 0 aliphatic carbocycles. The zero-order valence-corrected chi connectivity index (χ0v) is 10.1. The summed E-state index contributed by atoms with van der Waals surface area (Å²) < 4.78 is 5.21. The molecule has 0 fully saturated rings. The van der Waals surface area contributed by atoms with Gasteiger partial charge in [-0.25, -0.2) is 0 Å². The summed E-state index contributed by atoms with van der Waals surface area (Å²) in [6.45, 7) is 4.51. The van der Waals surface area contributed by atoms with E-state index in [0.717, 1.165) is 0 Å². The lowest BCUT2D eigenvalue weighted by molar-refractivity contribution is -0.123. The van der Waals surface area contributed by atoms with E-state index in [4.69, 9.17) is 10.5 Å². The Hall–Kier alpha value is -1.91. The zero-order chi connectivity index (χ0) is 12.8. The molecule has 1 rings (SSSR count). The van der Waals surface area contributed by atoms with Crippen molar-refractivity contribution in [1.82, 2.24) is 5.32 Å². The molecular formula is C12H18N2O3. The number of ether oxygens (including phenoxy) is 1. The van der Waals surface area contributed by atoms with E-state index in [1.165, 1.54) is 6.07 Å². The van der Waals surface area contributed by atoms with Crippen molar-refractivity contribution in [1.29, 1.82) is 0 Å². The van der Waals surface area contributed by atoms with Crippen LogP contribution >= 0.6 is 0 Å². The molecule has 0 unspecified atom stereocenters. The monoisotopic (exact) mass is 238 g/mol. The Labute approximate surface area is 101 Å². The van der Waals surface area contributed by atoms with Crippen molar-refractivity contribution in [2.45, 2.75) is 13.8 Å². The van der Waals surface area contributed by atoms with Crippen LogP contribution < -0.4 is 15.8 Å². The number of para-hydroxylation sites is 1. The van der Waals surface area contributed by atoms with Crippen molar-refractivity contribution < 1.29 is 14.6 Å². The minimum Gasteiger partial charge on any atom is -0.506 e. The van der Waals surface area contributed by atoms with Gasteiger partial charge in [0.2, 0.25) is 0 Å². The topological polar surface area (TPSA) is 84.6 Å². The molecule has 1 amide bonds. The van der Waals surface area contributed by atoms with Crippen molar-refractivity contribution in [2.24, 2.45) is 5.92 Å². The number of carbonyl (C=O) groups excluding carboxylic acids is 1. The second-order valence-electron chi connectivity index (χ2n) is 4.18. The van der Waals surface area contributed by atoms with Gasteiger partial charge >= 0.3 is 0 Å². The summed E-state index contributed by atoms with van der Waals surface area (Å²) in [5.41, 5.74) is 5.73. The highest BCUT2D eigenvalue weighted by Crippen LogP contribution is 2.29. The number of aromatic hydroxyl groups is 1. The molecule has 0 saturated heterocycles. The Kier molecular flexibility index (Phi) is 4.63. The van der Waals surface area contributed by atoms with Crippen LogP contribution in [0.25, 0.3) is 0 Å². The maximum Gasteiger partial charge on any atom is 0.257 e. The largest absolute Gasteiger partial charge is 0.506 e. The number of nitrogen functional groups attached to an aromatic ring is 1. The molecule has 1 aromatic carbocycles. The summed E-state index contributed by atoms with van der Waals surface area (Å²) in [6, 6.07) is 4.67. The standard InChI is InChI=1S/C12H18N2O3/c1-8(2)6-14-11(16)7-17-10-5-3-4-9(15)12(10)13/h3-5,8,15H,6-7,13H2,1-2H3,(H,14,16). The first-order valence-corrected chi connectivity index (χ1v) is 5.47. The lowest BCUT2D eigenvalue weighted by Gasteiger charge is -2.11. The molecule has 0 spiro atoms. The summed E-state index contributed by atoms with van der Waals surface area (Å²) in [4.78, 5) is 11.4. The third-order valence-corrected chi connectivity index (χ3v) is 2.11. The van der Waals surface area contributed by atoms with Crippen molar-refractivity contribution in [3.8, 4) is 11.5 Å². The minimum atomic E-state index is -0.207. The summed E-state index contributed by atoms with van der Waals surface area (Å²) in [7, 11) is 0. The molecule has 94 valence electrons. The number of amides is 1. The maximum atomic E-state index is 11.4. The summed E-state index contributed by atoms with van der Waals surface area (Å²) >= 11 is 0. The molecule has 5 heteroatoms. The number of anilines is 1. The minimum absolute atomic E-state index is 0.0508. The van der Waals surface area contributed by atoms with Gasteiger partial charge in [0.25, 0.3) is 5.91 Å². The first-order valence-electron chi connectivity index (χ1n) is 5.47. The number of rotatable bonds is 5. The predicted molar refractivity (Wildman–Crippen MR) is 65.9 cm³/mol. The van der Waals surface area contributed by atoms with E-state index < -0.39 is 0 Å². The Bertz CT molecular complexity index is 391. The maximum absolute atomic E-state index is 11.4. The van der Waals surface area contributed by atoms with Gasteiger partial charge in [-0.1, -0.05) is 19.9 Å². The van der Waals surface area contributed by atoms with Crippen LogP contribution in [0.1, 0.15) is 13.8 Å². The van der Waals surface area contributed by atoms with Crippen LogP contribution in [0, 0.1) is 5.92 Å². The van der Waals surface area contributed by atoms with Crippen LogP contribution in [0.2, 0.25) is 0 Å². The molecule has 4 N–H and O–H groups in total. The van der Waals surface area contributed by atoms with Crippen molar-refractivity contribution in [2.75, 3.05) is 18.9 Å². The Balaban J connectivity index is 2.45. The summed E-state index contributed by atoms with van der Waals surface area (Å²) in [5, 5.41) is 12.1. The lowest BCUT2D eigenvalue weighted by Crippen LogP contribution is -2.31. The van der Waals surface area contributed by atoms with E-state index in [1.54, 1.807) is 12.1 Å². The molecule has 0 aliphatic rings. The fourth-order valence-corrected chi connectivity index (χ4v) is 1.17. The summed E-state index contributed by atoms with van der Waals surface area (Å²) in [6.07, 6.45) is 0. The van der Waals surface area contributed by atoms with Gasteiger partial charge < -0.3 is 20.9 Å². The molecule has 0 heterocycles. The normalized spacial score (nSPS) is 10.3. The van der Waals surface area contributed by atoms with Gasteiger partial charge in [0.1, 0.15) is 17.2 Å². The first-order chi connectivity index (χ1) is 8.00. The number of phenols is 1. The van der Waals surface area contributed by atoms with Gasteiger partial charge in [0, 0.05) is 6.54 Å². The van der Waals surface area contributed by atoms with E-state index in [-0.39, 0.29) is 24.0 Å². The van der Waals surface area contributed by atoms with Crippen LogP contribution in [0.15, 0.2) is 18.2 Å². The molecule has 5 nitrogen and oxygen atoms in total. The average Bonchev–Trinajstić information content (AvgIpc) is 2.28. The highest BCUT2D eigenvalue weighted by Gasteiger charge is 2.07. The fraction of sp³-hybridized carbons (Fsp3) is 0.417. The molecule has 0 radical (unpaired) electrons. The number of nitrogens with one attached hydrogen (secondary N) is 1. The van der Waals surface area contributed by atoms with Gasteiger partial charge in [-0.05, 0) is 18.1 Å². The Morgan fingerprint density at radius 2 is 2.24 bits per heavy atom. The number of carbonyl (C=O) groups is 1. The van der Waals surface area contributed by atoms with Gasteiger partial charge in [-0.2, -0.15) is 0 Å². The van der Waals surface area contributed by atoms with E-state index in [0.29, 0.717) is 18.2 Å². The molecule has 0 atom stereocenters. The SMILES string of the molecule is CC(C)CNC(=O)COc1cccc(O)c1N. The average molecular weight is 238 g/mol. The van der Waals surface area contributed by atoms with E-state index >= 15 is 0 Å². The number of nitrogens with two attached hydrogens (primary N) is 1. The molecule has 0 bridgehead atoms. The third kappa shape index (κ3) is 4.22. The van der Waals surface area contributed by atoms with Gasteiger partial charge in [-0.15, -0.1) is 0 Å². The fourth-order valence-electron chi connectivity index (χ4n) is 1.17. The molecule has 0 saturated carbocycles. The van der Waals surface area contributed by atoms with Crippen molar-refractivity contribution in [3.05, 3.63) is 18.2 Å². The Morgan fingerprint density at radius 1 is 1.53 bits per heavy atom. The second-order valence-corrected chi connectivity index (χ2v) is 4.18. The molecule has 17 heavy (non-hydrogen) atoms. The van der Waals surface area contributed by atoms with Gasteiger partial charge in [-0.3, -0.25) is 4.79 Å². The quantitative estimate of drug-likeness (QED) is 0.530. The van der Waals surface area contributed by atoms with Crippen LogP contribution in [0.4, 0.5) is 5.69 Å². The number of benzene rings is 1. The third-order valence-electron chi connectivity index (χ3n) is 2.11. The van der Waals surface area contributed by atoms with Crippen LogP contribution in [-0.2, 0) is 4.79 Å². The van der Waals surface area contributed by atoms with Crippen LogP contribution in [0.3, 0.4) is 0 Å². The highest BCUT2D eigenvalue weighted by molar-refractivity contribution is 5.77. The van der Waals surface area contributed by atoms with E-state index in [9.17, 15) is 9.90 Å². The van der Waals surface area contributed by atoms with Gasteiger partial charge in [0.05, 0.1) is 0 Å². The second kappa shape index (κ2) is 5.98. The molecule has 0 aromatic heterocycles.